The molecular weight excluding hydrogens is 275 g/mol. The van der Waals surface area contributed by atoms with Crippen molar-refractivity contribution in [1.82, 2.24) is 5.32 Å². The number of hydrogen-bond acceptors (Lipinski definition) is 2. The van der Waals surface area contributed by atoms with E-state index in [4.69, 9.17) is 16.7 Å². The molecule has 2 N–H and O–H groups in total. The number of alkyl halides is 3. The molecule has 0 radical (unpaired) electrons. The highest BCUT2D eigenvalue weighted by atomic mass is 35.5. The van der Waals surface area contributed by atoms with Gasteiger partial charge in [-0.25, -0.2) is 4.79 Å². The van der Waals surface area contributed by atoms with Crippen LogP contribution in [0.5, 0.6) is 0 Å². The lowest BCUT2D eigenvalue weighted by molar-refractivity contribution is -0.175. The minimum Gasteiger partial charge on any atom is -0.479 e. The summed E-state index contributed by atoms with van der Waals surface area (Å²) in [6.45, 7) is 0. The molecule has 18 heavy (non-hydrogen) atoms. The Morgan fingerprint density at radius 2 is 1.72 bits per heavy atom. The molecule has 0 unspecified atom stereocenters. The van der Waals surface area contributed by atoms with E-state index in [2.05, 4.69) is 0 Å². The van der Waals surface area contributed by atoms with Crippen LogP contribution in [-0.4, -0.2) is 23.2 Å². The lowest BCUT2D eigenvalue weighted by Gasteiger charge is -2.16. The zero-order valence-electron chi connectivity index (χ0n) is 8.66. The maximum atomic E-state index is 12.0. The number of nitrogens with one attached hydrogen (secondary N) is 1. The molecule has 1 rings (SSSR count). The van der Waals surface area contributed by atoms with Crippen LogP contribution >= 0.6 is 11.6 Å². The van der Waals surface area contributed by atoms with Crippen molar-refractivity contribution in [3.63, 3.8) is 0 Å². The van der Waals surface area contributed by atoms with E-state index in [-0.39, 0.29) is 5.56 Å². The number of carbonyl (C=O) groups is 2. The number of halogens is 4. The summed E-state index contributed by atoms with van der Waals surface area (Å²) in [5.41, 5.74) is -0.00972. The van der Waals surface area contributed by atoms with Gasteiger partial charge in [0.15, 0.2) is 6.04 Å². The summed E-state index contributed by atoms with van der Waals surface area (Å²) in [6, 6.07) is 3.28. The fourth-order valence-electron chi connectivity index (χ4n) is 1.16. The van der Waals surface area contributed by atoms with E-state index in [9.17, 15) is 22.8 Å². The van der Waals surface area contributed by atoms with E-state index >= 15 is 0 Å². The standard InChI is InChI=1S/C10H7ClF3NO3/c11-6-3-1-5(2-4-6)7(8(16)17)15-9(18)10(12,13)14/h1-4,7H,(H,15,18)(H,16,17)/t7-/m0/s1. The van der Waals surface area contributed by atoms with Gasteiger partial charge in [0, 0.05) is 5.02 Å². The summed E-state index contributed by atoms with van der Waals surface area (Å²) >= 11 is 5.56. The van der Waals surface area contributed by atoms with Gasteiger partial charge >= 0.3 is 18.1 Å². The van der Waals surface area contributed by atoms with Crippen LogP contribution in [0.15, 0.2) is 24.3 Å². The Hall–Kier alpha value is -1.76. The monoisotopic (exact) mass is 281 g/mol. The molecule has 4 nitrogen and oxygen atoms in total. The molecule has 0 aliphatic heterocycles. The summed E-state index contributed by atoms with van der Waals surface area (Å²) in [5, 5.41) is 10.5. The van der Waals surface area contributed by atoms with Crippen molar-refractivity contribution in [2.24, 2.45) is 0 Å². The first-order valence-corrected chi connectivity index (χ1v) is 4.95. The number of hydrogen-bond donors (Lipinski definition) is 2. The minimum absolute atomic E-state index is 0.00972. The molecule has 0 spiro atoms. The fraction of sp³-hybridized carbons (Fsp3) is 0.200. The summed E-state index contributed by atoms with van der Waals surface area (Å²) < 4.78 is 36.1. The van der Waals surface area contributed by atoms with Crippen LogP contribution in [0.1, 0.15) is 11.6 Å². The molecule has 1 atom stereocenters. The normalized spacial score (nSPS) is 12.9. The second-order valence-corrected chi connectivity index (χ2v) is 3.73. The van der Waals surface area contributed by atoms with Crippen LogP contribution in [0.25, 0.3) is 0 Å². The SMILES string of the molecule is O=C(O)[C@@H](NC(=O)C(F)(F)F)c1ccc(Cl)cc1. The smallest absolute Gasteiger partial charge is 0.471 e. The van der Waals surface area contributed by atoms with Gasteiger partial charge in [0.25, 0.3) is 0 Å². The molecule has 0 heterocycles. The number of amides is 1. The van der Waals surface area contributed by atoms with Crippen LogP contribution in [0, 0.1) is 0 Å². The molecule has 0 saturated carbocycles. The van der Waals surface area contributed by atoms with Crippen LogP contribution in [0.3, 0.4) is 0 Å². The summed E-state index contributed by atoms with van der Waals surface area (Å²) in [7, 11) is 0. The van der Waals surface area contributed by atoms with E-state index in [1.165, 1.54) is 29.6 Å². The van der Waals surface area contributed by atoms with Crippen molar-refractivity contribution in [3.05, 3.63) is 34.9 Å². The van der Waals surface area contributed by atoms with Gasteiger partial charge in [0.1, 0.15) is 0 Å². The highest BCUT2D eigenvalue weighted by Crippen LogP contribution is 2.20. The molecule has 0 aliphatic rings. The second kappa shape index (κ2) is 5.26. The van der Waals surface area contributed by atoms with Crippen molar-refractivity contribution in [1.29, 1.82) is 0 Å². The predicted molar refractivity (Wildman–Crippen MR) is 56.0 cm³/mol. The Kier molecular flexibility index (Phi) is 4.18. The van der Waals surface area contributed by atoms with Gasteiger partial charge in [-0.15, -0.1) is 0 Å². The topological polar surface area (TPSA) is 66.4 Å². The Balaban J connectivity index is 2.94. The van der Waals surface area contributed by atoms with Crippen molar-refractivity contribution in [2.75, 3.05) is 0 Å². The molecule has 1 aromatic carbocycles. The largest absolute Gasteiger partial charge is 0.479 e. The molecule has 8 heteroatoms. The zero-order chi connectivity index (χ0) is 13.9. The number of benzene rings is 1. The molecule has 0 aliphatic carbocycles. The van der Waals surface area contributed by atoms with E-state index in [1.54, 1.807) is 0 Å². The average Bonchev–Trinajstić information content (AvgIpc) is 2.25. The van der Waals surface area contributed by atoms with Gasteiger partial charge in [0.05, 0.1) is 0 Å². The van der Waals surface area contributed by atoms with Crippen molar-refractivity contribution < 1.29 is 27.9 Å². The van der Waals surface area contributed by atoms with Crippen molar-refractivity contribution >= 4 is 23.5 Å². The molecule has 0 bridgehead atoms. The third kappa shape index (κ3) is 3.63. The van der Waals surface area contributed by atoms with Gasteiger partial charge in [-0.1, -0.05) is 23.7 Å². The Morgan fingerprint density at radius 3 is 2.11 bits per heavy atom. The van der Waals surface area contributed by atoms with E-state index in [1.807, 2.05) is 0 Å². The molecule has 0 aromatic heterocycles. The minimum atomic E-state index is -5.14. The number of carboxylic acids is 1. The lowest BCUT2D eigenvalue weighted by atomic mass is 10.1. The second-order valence-electron chi connectivity index (χ2n) is 3.29. The summed E-state index contributed by atoms with van der Waals surface area (Å²) in [5.74, 6) is -3.92. The van der Waals surface area contributed by atoms with Gasteiger partial charge in [-0.2, -0.15) is 13.2 Å². The van der Waals surface area contributed by atoms with Gasteiger partial charge in [0.2, 0.25) is 0 Å². The quantitative estimate of drug-likeness (QED) is 0.892. The van der Waals surface area contributed by atoms with Crippen LogP contribution in [-0.2, 0) is 9.59 Å². The van der Waals surface area contributed by atoms with E-state index < -0.39 is 24.1 Å². The Morgan fingerprint density at radius 1 is 1.22 bits per heavy atom. The molecule has 98 valence electrons. The predicted octanol–water partition coefficient (Wildman–Crippen LogP) is 2.14. The maximum Gasteiger partial charge on any atom is 0.471 e. The number of carbonyl (C=O) groups excluding carboxylic acids is 1. The first-order valence-electron chi connectivity index (χ1n) is 4.58. The highest BCUT2D eigenvalue weighted by Gasteiger charge is 2.41. The Labute approximate surface area is 104 Å². The number of rotatable bonds is 3. The third-order valence-electron chi connectivity index (χ3n) is 1.98. The first-order chi connectivity index (χ1) is 8.21. The van der Waals surface area contributed by atoms with Gasteiger partial charge < -0.3 is 10.4 Å². The average molecular weight is 282 g/mol. The first kappa shape index (κ1) is 14.3. The summed E-state index contributed by atoms with van der Waals surface area (Å²) in [4.78, 5) is 21.5. The van der Waals surface area contributed by atoms with Crippen LogP contribution < -0.4 is 5.32 Å². The number of carboxylic acid groups (broad SMARTS) is 1. The molecule has 0 saturated heterocycles. The lowest BCUT2D eigenvalue weighted by Crippen LogP contribution is -2.41. The van der Waals surface area contributed by atoms with E-state index in [0.717, 1.165) is 0 Å². The third-order valence-corrected chi connectivity index (χ3v) is 2.24. The summed E-state index contributed by atoms with van der Waals surface area (Å²) in [6.07, 6.45) is -5.14. The molecular formula is C10H7ClF3NO3. The maximum absolute atomic E-state index is 12.0. The van der Waals surface area contributed by atoms with Crippen molar-refractivity contribution in [3.8, 4) is 0 Å². The van der Waals surface area contributed by atoms with E-state index in [0.29, 0.717) is 5.02 Å². The zero-order valence-corrected chi connectivity index (χ0v) is 9.42. The Bertz CT molecular complexity index is 458. The van der Waals surface area contributed by atoms with Gasteiger partial charge in [-0.05, 0) is 17.7 Å². The fourth-order valence-corrected chi connectivity index (χ4v) is 1.28. The van der Waals surface area contributed by atoms with Crippen molar-refractivity contribution in [2.45, 2.75) is 12.2 Å². The van der Waals surface area contributed by atoms with Crippen LogP contribution in [0.4, 0.5) is 13.2 Å². The van der Waals surface area contributed by atoms with Gasteiger partial charge in [-0.3, -0.25) is 4.79 Å². The number of aliphatic carboxylic acids is 1. The molecule has 0 fully saturated rings. The molecule has 1 amide bonds. The van der Waals surface area contributed by atoms with Crippen LogP contribution in [0.2, 0.25) is 5.02 Å². The highest BCUT2D eigenvalue weighted by molar-refractivity contribution is 6.30. The molecule has 1 aromatic rings.